The molecule has 0 radical (unpaired) electrons. The number of fused-ring (bicyclic) bond motifs is 1. The van der Waals surface area contributed by atoms with Crippen LogP contribution in [0.3, 0.4) is 0 Å². The van der Waals surface area contributed by atoms with E-state index in [1.807, 2.05) is 25.1 Å². The first-order valence-corrected chi connectivity index (χ1v) is 8.53. The number of benzene rings is 2. The summed E-state index contributed by atoms with van der Waals surface area (Å²) in [7, 11) is 3.29. The molecule has 0 aromatic heterocycles. The Labute approximate surface area is 157 Å². The van der Waals surface area contributed by atoms with Gasteiger partial charge >= 0.3 is 0 Å². The highest BCUT2D eigenvalue weighted by atomic mass is 16.7. The van der Waals surface area contributed by atoms with Crippen LogP contribution < -0.4 is 19.5 Å². The smallest absolute Gasteiger partial charge is 0.251 e. The summed E-state index contributed by atoms with van der Waals surface area (Å²) in [4.78, 5) is 26.2. The van der Waals surface area contributed by atoms with Crippen LogP contribution in [0.15, 0.2) is 36.4 Å². The Morgan fingerprint density at radius 2 is 1.93 bits per heavy atom. The lowest BCUT2D eigenvalue weighted by Crippen LogP contribution is -2.37. The molecule has 0 unspecified atom stereocenters. The number of likely N-dealkylation sites (N-methyl/N-ethyl adjacent to an activating group) is 1. The third-order valence-electron chi connectivity index (χ3n) is 4.30. The van der Waals surface area contributed by atoms with E-state index in [1.54, 1.807) is 37.3 Å². The van der Waals surface area contributed by atoms with Gasteiger partial charge in [-0.3, -0.25) is 9.59 Å². The molecule has 2 aromatic carbocycles. The maximum Gasteiger partial charge on any atom is 0.251 e. The Bertz CT molecular complexity index is 865. The molecule has 1 aliphatic heterocycles. The minimum absolute atomic E-state index is 0.0993. The van der Waals surface area contributed by atoms with E-state index in [0.29, 0.717) is 23.6 Å². The highest BCUT2D eigenvalue weighted by Gasteiger charge is 2.18. The number of aryl methyl sites for hydroxylation is 1. The number of rotatable bonds is 6. The summed E-state index contributed by atoms with van der Waals surface area (Å²) in [6, 6.07) is 10.7. The van der Waals surface area contributed by atoms with Crippen molar-refractivity contribution in [2.24, 2.45) is 0 Å². The van der Waals surface area contributed by atoms with Gasteiger partial charge in [0.2, 0.25) is 12.7 Å². The van der Waals surface area contributed by atoms with E-state index >= 15 is 0 Å². The molecule has 3 rings (SSSR count). The molecule has 1 aliphatic rings. The lowest BCUT2D eigenvalue weighted by molar-refractivity contribution is -0.129. The molecule has 0 saturated carbocycles. The first-order valence-electron chi connectivity index (χ1n) is 8.53. The van der Waals surface area contributed by atoms with Gasteiger partial charge in [-0.05, 0) is 31.2 Å². The maximum absolute atomic E-state index is 12.4. The van der Waals surface area contributed by atoms with E-state index in [0.717, 1.165) is 16.9 Å². The second-order valence-electron chi connectivity index (χ2n) is 6.32. The van der Waals surface area contributed by atoms with Crippen LogP contribution in [-0.2, 0) is 11.3 Å². The van der Waals surface area contributed by atoms with Crippen molar-refractivity contribution in [3.63, 3.8) is 0 Å². The Morgan fingerprint density at radius 1 is 1.15 bits per heavy atom. The first kappa shape index (κ1) is 18.6. The van der Waals surface area contributed by atoms with Crippen LogP contribution in [-0.4, -0.2) is 44.2 Å². The summed E-state index contributed by atoms with van der Waals surface area (Å²) >= 11 is 0. The summed E-state index contributed by atoms with van der Waals surface area (Å²) in [6.45, 7) is 2.42. The Kier molecular flexibility index (Phi) is 5.49. The van der Waals surface area contributed by atoms with Crippen LogP contribution in [0.1, 0.15) is 21.5 Å². The van der Waals surface area contributed by atoms with Crippen LogP contribution in [0, 0.1) is 6.92 Å². The summed E-state index contributed by atoms with van der Waals surface area (Å²) in [5.41, 5.74) is 2.41. The third-order valence-corrected chi connectivity index (χ3v) is 4.30. The molecule has 7 nitrogen and oxygen atoms in total. The predicted octanol–water partition coefficient (Wildman–Crippen LogP) is 2.12. The zero-order chi connectivity index (χ0) is 19.4. The fraction of sp³-hybridized carbons (Fsp3) is 0.300. The number of carbonyl (C=O) groups is 2. The van der Waals surface area contributed by atoms with Gasteiger partial charge in [0.25, 0.3) is 5.91 Å². The summed E-state index contributed by atoms with van der Waals surface area (Å²) in [5.74, 6) is 1.31. The Hall–Kier alpha value is -3.22. The van der Waals surface area contributed by atoms with E-state index in [2.05, 4.69) is 5.32 Å². The van der Waals surface area contributed by atoms with Crippen molar-refractivity contribution in [3.8, 4) is 17.2 Å². The fourth-order valence-corrected chi connectivity index (χ4v) is 2.81. The van der Waals surface area contributed by atoms with Crippen molar-refractivity contribution in [2.75, 3.05) is 27.5 Å². The van der Waals surface area contributed by atoms with Gasteiger partial charge in [-0.25, -0.2) is 0 Å². The minimum atomic E-state index is -0.344. The van der Waals surface area contributed by atoms with Gasteiger partial charge in [0.05, 0.1) is 13.7 Å². The van der Waals surface area contributed by atoms with Crippen molar-refractivity contribution >= 4 is 11.8 Å². The molecule has 0 atom stereocenters. The molecule has 1 heterocycles. The van der Waals surface area contributed by atoms with Crippen LogP contribution in [0.4, 0.5) is 0 Å². The third kappa shape index (κ3) is 4.31. The van der Waals surface area contributed by atoms with Crippen LogP contribution in [0.5, 0.6) is 17.2 Å². The molecule has 0 aliphatic carbocycles. The maximum atomic E-state index is 12.4. The van der Waals surface area contributed by atoms with Gasteiger partial charge in [0.1, 0.15) is 5.75 Å². The molecule has 27 heavy (non-hydrogen) atoms. The van der Waals surface area contributed by atoms with Gasteiger partial charge < -0.3 is 24.4 Å². The number of hydrogen-bond donors (Lipinski definition) is 1. The number of nitrogens with zero attached hydrogens (tertiary/aromatic N) is 1. The monoisotopic (exact) mass is 370 g/mol. The molecule has 7 heteroatoms. The molecule has 142 valence electrons. The van der Waals surface area contributed by atoms with Crippen molar-refractivity contribution < 1.29 is 23.8 Å². The van der Waals surface area contributed by atoms with Crippen molar-refractivity contribution in [3.05, 3.63) is 53.1 Å². The van der Waals surface area contributed by atoms with E-state index in [1.165, 1.54) is 0 Å². The molecule has 1 N–H and O–H groups in total. The molecular weight excluding hydrogens is 348 g/mol. The van der Waals surface area contributed by atoms with E-state index < -0.39 is 0 Å². The number of ether oxygens (including phenoxy) is 3. The van der Waals surface area contributed by atoms with E-state index in [9.17, 15) is 9.59 Å². The van der Waals surface area contributed by atoms with Gasteiger partial charge in [-0.15, -0.1) is 0 Å². The van der Waals surface area contributed by atoms with Crippen LogP contribution in [0.2, 0.25) is 0 Å². The molecular formula is C20H22N2O5. The van der Waals surface area contributed by atoms with Gasteiger partial charge in [-0.2, -0.15) is 0 Å². The number of hydrogen-bond acceptors (Lipinski definition) is 5. The van der Waals surface area contributed by atoms with Gasteiger partial charge in [0.15, 0.2) is 11.5 Å². The lowest BCUT2D eigenvalue weighted by Gasteiger charge is -2.19. The zero-order valence-electron chi connectivity index (χ0n) is 15.6. The van der Waals surface area contributed by atoms with Crippen molar-refractivity contribution in [1.29, 1.82) is 0 Å². The molecule has 0 spiro atoms. The second kappa shape index (κ2) is 7.99. The normalized spacial score (nSPS) is 11.8. The topological polar surface area (TPSA) is 77.1 Å². The quantitative estimate of drug-likeness (QED) is 0.843. The molecule has 2 amide bonds. The number of nitrogens with one attached hydrogen (secondary N) is 1. The van der Waals surface area contributed by atoms with E-state index in [-0.39, 0.29) is 25.2 Å². The second-order valence-corrected chi connectivity index (χ2v) is 6.32. The molecule has 0 saturated heterocycles. The summed E-state index contributed by atoms with van der Waals surface area (Å²) in [5, 5.41) is 2.64. The Morgan fingerprint density at radius 3 is 2.70 bits per heavy atom. The lowest BCUT2D eigenvalue weighted by atomic mass is 10.1. The highest BCUT2D eigenvalue weighted by Crippen LogP contribution is 2.32. The highest BCUT2D eigenvalue weighted by molar-refractivity contribution is 5.97. The van der Waals surface area contributed by atoms with Gasteiger partial charge in [-0.1, -0.05) is 17.7 Å². The largest absolute Gasteiger partial charge is 0.496 e. The molecule has 2 aromatic rings. The first-order chi connectivity index (χ1) is 13.0. The van der Waals surface area contributed by atoms with Crippen molar-refractivity contribution in [2.45, 2.75) is 13.5 Å². The zero-order valence-corrected chi connectivity index (χ0v) is 15.6. The van der Waals surface area contributed by atoms with E-state index in [4.69, 9.17) is 14.2 Å². The summed E-state index contributed by atoms with van der Waals surface area (Å²) in [6.07, 6.45) is 0. The average Bonchev–Trinajstić information content (AvgIpc) is 3.13. The predicted molar refractivity (Wildman–Crippen MR) is 99.1 cm³/mol. The van der Waals surface area contributed by atoms with Crippen molar-refractivity contribution in [1.82, 2.24) is 10.2 Å². The van der Waals surface area contributed by atoms with Crippen LogP contribution in [0.25, 0.3) is 0 Å². The van der Waals surface area contributed by atoms with Gasteiger partial charge in [0, 0.05) is 24.7 Å². The number of carbonyl (C=O) groups excluding carboxylic acids is 2. The van der Waals surface area contributed by atoms with Crippen LogP contribution >= 0.6 is 0 Å². The molecule has 0 bridgehead atoms. The SMILES string of the molecule is COc1ccc(C)cc1CN(C)C(=O)CNC(=O)c1ccc2c(c1)OCO2. The number of amides is 2. The molecule has 0 fully saturated rings. The Balaban J connectivity index is 1.57. The standard InChI is InChI=1S/C20H22N2O5/c1-13-4-6-16(25-3)15(8-13)11-22(2)19(23)10-21-20(24)14-5-7-17-18(9-14)27-12-26-17/h4-9H,10-12H2,1-3H3,(H,21,24). The summed E-state index contributed by atoms with van der Waals surface area (Å²) < 4.78 is 15.8. The average molecular weight is 370 g/mol. The minimum Gasteiger partial charge on any atom is -0.496 e. The fourth-order valence-electron chi connectivity index (χ4n) is 2.81. The number of methoxy groups -OCH3 is 1.